The van der Waals surface area contributed by atoms with E-state index in [4.69, 9.17) is 0 Å². The molecule has 0 amide bonds. The van der Waals surface area contributed by atoms with Crippen LogP contribution in [0.3, 0.4) is 0 Å². The molecule has 3 heteroatoms. The largest absolute Gasteiger partial charge is 0.318 e. The average molecular weight is 257 g/mol. The zero-order valence-corrected chi connectivity index (χ0v) is 11.9. The van der Waals surface area contributed by atoms with E-state index in [1.165, 1.54) is 17.4 Å². The molecule has 0 aliphatic rings. The van der Waals surface area contributed by atoms with Gasteiger partial charge in [0.05, 0.1) is 5.52 Å². The summed E-state index contributed by atoms with van der Waals surface area (Å²) in [6.45, 7) is 6.44. The zero-order valence-electron chi connectivity index (χ0n) is 11.9. The van der Waals surface area contributed by atoms with Crippen molar-refractivity contribution >= 4 is 10.9 Å². The number of hydrogen-bond donors (Lipinski definition) is 1. The molecule has 0 aliphatic heterocycles. The lowest BCUT2D eigenvalue weighted by molar-refractivity contribution is 0.268. The van der Waals surface area contributed by atoms with Gasteiger partial charge in [0.1, 0.15) is 0 Å². The number of likely N-dealkylation sites (N-methyl/N-ethyl adjacent to an activating group) is 1. The second kappa shape index (κ2) is 7.22. The molecule has 1 N–H and O–H groups in total. The molecule has 0 saturated carbocycles. The number of rotatable bonds is 7. The lowest BCUT2D eigenvalue weighted by Gasteiger charge is -2.22. The summed E-state index contributed by atoms with van der Waals surface area (Å²) in [6, 6.07) is 10.6. The van der Waals surface area contributed by atoms with E-state index in [1.807, 2.05) is 19.3 Å². The molecular weight excluding hydrogens is 234 g/mol. The highest BCUT2D eigenvalue weighted by atomic mass is 15.1. The van der Waals surface area contributed by atoms with Crippen LogP contribution in [0.25, 0.3) is 10.9 Å². The normalized spacial score (nSPS) is 11.3. The third-order valence-corrected chi connectivity index (χ3v) is 3.33. The van der Waals surface area contributed by atoms with E-state index in [-0.39, 0.29) is 0 Å². The lowest BCUT2D eigenvalue weighted by atomic mass is 10.1. The number of para-hydroxylation sites is 1. The summed E-state index contributed by atoms with van der Waals surface area (Å²) in [5.41, 5.74) is 2.46. The Bertz CT molecular complexity index is 505. The summed E-state index contributed by atoms with van der Waals surface area (Å²) in [5.74, 6) is 0. The molecule has 1 aromatic carbocycles. The first kappa shape index (κ1) is 14.0. The predicted octanol–water partition coefficient (Wildman–Crippen LogP) is 2.67. The van der Waals surface area contributed by atoms with Crippen molar-refractivity contribution in [2.45, 2.75) is 19.9 Å². The maximum absolute atomic E-state index is 4.53. The molecule has 0 bridgehead atoms. The molecule has 2 rings (SSSR count). The quantitative estimate of drug-likeness (QED) is 0.826. The summed E-state index contributed by atoms with van der Waals surface area (Å²) in [5, 5.41) is 4.45. The Morgan fingerprint density at radius 2 is 2.00 bits per heavy atom. The van der Waals surface area contributed by atoms with Gasteiger partial charge in [-0.15, -0.1) is 0 Å². The molecule has 0 fully saturated rings. The highest BCUT2D eigenvalue weighted by Crippen LogP contribution is 2.17. The van der Waals surface area contributed by atoms with E-state index >= 15 is 0 Å². The number of nitrogens with one attached hydrogen (secondary N) is 1. The molecule has 102 valence electrons. The summed E-state index contributed by atoms with van der Waals surface area (Å²) < 4.78 is 0. The molecule has 1 aromatic heterocycles. The maximum Gasteiger partial charge on any atom is 0.0746 e. The van der Waals surface area contributed by atoms with Crippen LogP contribution >= 0.6 is 0 Å². The Kier molecular flexibility index (Phi) is 5.31. The van der Waals surface area contributed by atoms with E-state index in [0.29, 0.717) is 0 Å². The molecule has 0 radical (unpaired) electrons. The maximum atomic E-state index is 4.53. The molecule has 0 atom stereocenters. The van der Waals surface area contributed by atoms with E-state index in [1.54, 1.807) is 0 Å². The van der Waals surface area contributed by atoms with Crippen LogP contribution in [0.5, 0.6) is 0 Å². The van der Waals surface area contributed by atoms with Gasteiger partial charge in [-0.1, -0.05) is 31.2 Å². The van der Waals surface area contributed by atoms with Gasteiger partial charge in [-0.2, -0.15) is 0 Å². The van der Waals surface area contributed by atoms with Crippen LogP contribution in [-0.4, -0.2) is 36.6 Å². The van der Waals surface area contributed by atoms with Crippen molar-refractivity contribution in [2.24, 2.45) is 0 Å². The summed E-state index contributed by atoms with van der Waals surface area (Å²) in [7, 11) is 2.00. The molecule has 0 saturated heterocycles. The smallest absolute Gasteiger partial charge is 0.0746 e. The van der Waals surface area contributed by atoms with Crippen molar-refractivity contribution in [2.75, 3.05) is 26.7 Å². The number of hydrogen-bond acceptors (Lipinski definition) is 3. The summed E-state index contributed by atoms with van der Waals surface area (Å²) in [4.78, 5) is 7.02. The van der Waals surface area contributed by atoms with Gasteiger partial charge in [-0.25, -0.2) is 0 Å². The van der Waals surface area contributed by atoms with Gasteiger partial charge in [0.15, 0.2) is 0 Å². The Hall–Kier alpha value is -1.45. The first-order valence-electron chi connectivity index (χ1n) is 7.04. The van der Waals surface area contributed by atoms with Gasteiger partial charge in [-0.3, -0.25) is 9.88 Å². The lowest BCUT2D eigenvalue weighted by Crippen LogP contribution is -2.31. The molecule has 1 heterocycles. The van der Waals surface area contributed by atoms with E-state index < -0.39 is 0 Å². The third-order valence-electron chi connectivity index (χ3n) is 3.33. The Balaban J connectivity index is 2.18. The number of pyridine rings is 1. The van der Waals surface area contributed by atoms with Gasteiger partial charge >= 0.3 is 0 Å². The summed E-state index contributed by atoms with van der Waals surface area (Å²) >= 11 is 0. The molecule has 3 nitrogen and oxygen atoms in total. The minimum absolute atomic E-state index is 0.976. The predicted molar refractivity (Wildman–Crippen MR) is 81.2 cm³/mol. The Morgan fingerprint density at radius 1 is 1.16 bits per heavy atom. The molecule has 2 aromatic rings. The monoisotopic (exact) mass is 257 g/mol. The van der Waals surface area contributed by atoms with Crippen LogP contribution < -0.4 is 5.32 Å². The first-order valence-corrected chi connectivity index (χ1v) is 7.04. The highest BCUT2D eigenvalue weighted by Gasteiger charge is 2.07. The fourth-order valence-electron chi connectivity index (χ4n) is 2.39. The SMILES string of the molecule is CCCN(CCNC)Cc1cccc2cccnc12. The molecule has 0 spiro atoms. The van der Waals surface area contributed by atoms with Crippen molar-refractivity contribution in [1.82, 2.24) is 15.2 Å². The molecular formula is C16H23N3. The van der Waals surface area contributed by atoms with Gasteiger partial charge in [0.2, 0.25) is 0 Å². The molecule has 19 heavy (non-hydrogen) atoms. The second-order valence-corrected chi connectivity index (χ2v) is 4.87. The van der Waals surface area contributed by atoms with Crippen LogP contribution in [0.1, 0.15) is 18.9 Å². The van der Waals surface area contributed by atoms with E-state index in [2.05, 4.69) is 46.4 Å². The standard InChI is InChI=1S/C16H23N3/c1-3-11-19(12-10-17-2)13-15-7-4-6-14-8-5-9-18-16(14)15/h4-9,17H,3,10-13H2,1-2H3. The average Bonchev–Trinajstić information content (AvgIpc) is 2.45. The van der Waals surface area contributed by atoms with Crippen LogP contribution in [0.15, 0.2) is 36.5 Å². The number of aromatic nitrogens is 1. The Labute approximate surface area is 115 Å². The van der Waals surface area contributed by atoms with Crippen LogP contribution in [-0.2, 0) is 6.54 Å². The van der Waals surface area contributed by atoms with Crippen molar-refractivity contribution in [1.29, 1.82) is 0 Å². The van der Waals surface area contributed by atoms with E-state index in [0.717, 1.165) is 31.7 Å². The minimum Gasteiger partial charge on any atom is -0.318 e. The molecule has 0 unspecified atom stereocenters. The van der Waals surface area contributed by atoms with E-state index in [9.17, 15) is 0 Å². The van der Waals surface area contributed by atoms with Crippen molar-refractivity contribution in [3.8, 4) is 0 Å². The fraction of sp³-hybridized carbons (Fsp3) is 0.438. The number of fused-ring (bicyclic) bond motifs is 1. The summed E-state index contributed by atoms with van der Waals surface area (Å²) in [6.07, 6.45) is 3.06. The fourth-order valence-corrected chi connectivity index (χ4v) is 2.39. The number of nitrogens with zero attached hydrogens (tertiary/aromatic N) is 2. The van der Waals surface area contributed by atoms with Crippen molar-refractivity contribution in [3.63, 3.8) is 0 Å². The topological polar surface area (TPSA) is 28.2 Å². The van der Waals surface area contributed by atoms with Gasteiger partial charge < -0.3 is 5.32 Å². The first-order chi connectivity index (χ1) is 9.35. The van der Waals surface area contributed by atoms with Gasteiger partial charge in [0, 0.05) is 31.2 Å². The van der Waals surface area contributed by atoms with Crippen LogP contribution in [0, 0.1) is 0 Å². The zero-order chi connectivity index (χ0) is 13.5. The molecule has 0 aliphatic carbocycles. The van der Waals surface area contributed by atoms with Crippen molar-refractivity contribution < 1.29 is 0 Å². The van der Waals surface area contributed by atoms with Crippen LogP contribution in [0.4, 0.5) is 0 Å². The van der Waals surface area contributed by atoms with Gasteiger partial charge in [0.25, 0.3) is 0 Å². The third kappa shape index (κ3) is 3.75. The minimum atomic E-state index is 0.976. The number of benzene rings is 1. The van der Waals surface area contributed by atoms with Crippen molar-refractivity contribution in [3.05, 3.63) is 42.1 Å². The highest BCUT2D eigenvalue weighted by molar-refractivity contribution is 5.81. The Morgan fingerprint density at radius 3 is 2.79 bits per heavy atom. The van der Waals surface area contributed by atoms with Crippen LogP contribution in [0.2, 0.25) is 0 Å². The second-order valence-electron chi connectivity index (χ2n) is 4.87. The van der Waals surface area contributed by atoms with Gasteiger partial charge in [-0.05, 0) is 31.6 Å².